The van der Waals surface area contributed by atoms with Gasteiger partial charge in [0.05, 0.1) is 36.1 Å². The van der Waals surface area contributed by atoms with E-state index in [-0.39, 0.29) is 61.7 Å². The molecule has 1 unspecified atom stereocenters. The first kappa shape index (κ1) is 26.9. The summed E-state index contributed by atoms with van der Waals surface area (Å²) in [5.74, 6) is 0.534. The summed E-state index contributed by atoms with van der Waals surface area (Å²) in [7, 11) is 0. The molecule has 1 atom stereocenters. The number of nitrogens with zero attached hydrogens (tertiary/aromatic N) is 2. The number of furan rings is 1. The van der Waals surface area contributed by atoms with E-state index in [0.717, 1.165) is 18.4 Å². The lowest BCUT2D eigenvalue weighted by Gasteiger charge is -2.28. The lowest BCUT2D eigenvalue weighted by Crippen LogP contribution is -2.45. The highest BCUT2D eigenvalue weighted by Crippen LogP contribution is 2.33. The van der Waals surface area contributed by atoms with Crippen LogP contribution in [-0.4, -0.2) is 54.2 Å². The van der Waals surface area contributed by atoms with Crippen LogP contribution in [0.5, 0.6) is 11.5 Å². The Morgan fingerprint density at radius 3 is 2.66 bits per heavy atom. The smallest absolute Gasteiger partial charge is 0.290 e. The first-order valence-corrected chi connectivity index (χ1v) is 13.6. The van der Waals surface area contributed by atoms with E-state index in [1.54, 1.807) is 42.5 Å². The number of rotatable bonds is 9. The summed E-state index contributed by atoms with van der Waals surface area (Å²) in [6.07, 6.45) is 4.27. The second-order valence-corrected chi connectivity index (χ2v) is 10.4. The van der Waals surface area contributed by atoms with E-state index in [1.165, 1.54) is 22.3 Å². The monoisotopic (exact) mass is 578 g/mol. The quantitative estimate of drug-likeness (QED) is 0.283. The maximum atomic E-state index is 13.9. The second-order valence-electron chi connectivity index (χ2n) is 9.97. The zero-order chi connectivity index (χ0) is 28.3. The van der Waals surface area contributed by atoms with Crippen molar-refractivity contribution < 1.29 is 32.6 Å². The molecule has 0 N–H and O–H groups in total. The van der Waals surface area contributed by atoms with Gasteiger partial charge in [0.25, 0.3) is 5.91 Å². The average molecular weight is 579 g/mol. The molecule has 4 heterocycles. The number of carbonyl (C=O) groups excluding carboxylic acids is 2. The van der Waals surface area contributed by atoms with E-state index in [4.69, 9.17) is 34.6 Å². The average Bonchev–Trinajstić information content (AvgIpc) is 3.77. The molecule has 2 aliphatic heterocycles. The van der Waals surface area contributed by atoms with Gasteiger partial charge in [-0.1, -0.05) is 17.7 Å². The molecule has 212 valence electrons. The fourth-order valence-electron chi connectivity index (χ4n) is 5.02. The van der Waals surface area contributed by atoms with Crippen molar-refractivity contribution in [2.45, 2.75) is 32.0 Å². The maximum Gasteiger partial charge on any atom is 0.290 e. The highest BCUT2D eigenvalue weighted by atomic mass is 35.5. The number of fused-ring (bicyclic) bond motifs is 2. The van der Waals surface area contributed by atoms with Gasteiger partial charge in [-0.3, -0.25) is 14.4 Å². The molecule has 0 aliphatic carbocycles. The van der Waals surface area contributed by atoms with Gasteiger partial charge in [0, 0.05) is 24.7 Å². The third-order valence-corrected chi connectivity index (χ3v) is 7.36. The van der Waals surface area contributed by atoms with E-state index in [0.29, 0.717) is 34.1 Å². The molecule has 2 aromatic carbocycles. The van der Waals surface area contributed by atoms with Crippen molar-refractivity contribution in [2.75, 3.05) is 26.5 Å². The highest BCUT2D eigenvalue weighted by Gasteiger charge is 2.29. The largest absolute Gasteiger partial charge is 0.464 e. The summed E-state index contributed by atoms with van der Waals surface area (Å²) in [6.45, 7) is 0.815. The van der Waals surface area contributed by atoms with Gasteiger partial charge in [0.15, 0.2) is 22.7 Å². The van der Waals surface area contributed by atoms with Crippen LogP contribution in [0.25, 0.3) is 11.0 Å². The molecule has 11 heteroatoms. The number of halogens is 1. The van der Waals surface area contributed by atoms with E-state index in [2.05, 4.69) is 0 Å². The van der Waals surface area contributed by atoms with Gasteiger partial charge in [-0.25, -0.2) is 0 Å². The number of benzene rings is 2. The van der Waals surface area contributed by atoms with Gasteiger partial charge >= 0.3 is 0 Å². The molecule has 41 heavy (non-hydrogen) atoms. The Labute approximate surface area is 239 Å². The van der Waals surface area contributed by atoms with E-state index >= 15 is 0 Å². The summed E-state index contributed by atoms with van der Waals surface area (Å²) >= 11 is 6.13. The van der Waals surface area contributed by atoms with Crippen LogP contribution in [0.15, 0.2) is 74.7 Å². The number of ether oxygens (including phenoxy) is 3. The van der Waals surface area contributed by atoms with Crippen LogP contribution in [0, 0.1) is 0 Å². The molecule has 2 aromatic heterocycles. The molecule has 0 saturated carbocycles. The molecule has 6 rings (SSSR count). The molecule has 2 aliphatic rings. The van der Waals surface area contributed by atoms with Crippen LogP contribution in [-0.2, 0) is 22.6 Å². The standard InChI is InChI=1S/C30H27ClN2O8/c31-21-6-8-24-23(12-21)29(35)20(17-39-24)14-32(13-19-5-7-25-27(11-19)41-18-40-25)28(34)16-33(15-22-3-1-9-37-22)30(36)26-4-2-10-38-26/h2,4-8,10-12,17,22H,1,3,9,13-16,18H2. The lowest BCUT2D eigenvalue weighted by molar-refractivity contribution is -0.133. The van der Waals surface area contributed by atoms with Crippen LogP contribution in [0.4, 0.5) is 0 Å². The van der Waals surface area contributed by atoms with Crippen molar-refractivity contribution >= 4 is 34.4 Å². The predicted molar refractivity (Wildman–Crippen MR) is 148 cm³/mol. The fourth-order valence-corrected chi connectivity index (χ4v) is 5.20. The van der Waals surface area contributed by atoms with Gasteiger partial charge in [-0.15, -0.1) is 0 Å². The Morgan fingerprint density at radius 1 is 0.976 bits per heavy atom. The van der Waals surface area contributed by atoms with Crippen molar-refractivity contribution in [3.05, 3.63) is 93.2 Å². The zero-order valence-corrected chi connectivity index (χ0v) is 22.8. The van der Waals surface area contributed by atoms with E-state index in [9.17, 15) is 14.4 Å². The number of amides is 2. The lowest BCUT2D eigenvalue weighted by atomic mass is 10.1. The van der Waals surface area contributed by atoms with Crippen molar-refractivity contribution in [1.82, 2.24) is 9.80 Å². The number of hydrogen-bond donors (Lipinski definition) is 0. The Kier molecular flexibility index (Phi) is 7.67. The molecule has 4 aromatic rings. The van der Waals surface area contributed by atoms with Crippen LogP contribution < -0.4 is 14.9 Å². The van der Waals surface area contributed by atoms with Crippen LogP contribution in [0.2, 0.25) is 5.02 Å². The van der Waals surface area contributed by atoms with Gasteiger partial charge in [0.2, 0.25) is 12.7 Å². The van der Waals surface area contributed by atoms with Gasteiger partial charge in [-0.2, -0.15) is 0 Å². The minimum absolute atomic E-state index is 0.0548. The van der Waals surface area contributed by atoms with Crippen molar-refractivity contribution in [2.24, 2.45) is 0 Å². The Bertz CT molecular complexity index is 1630. The summed E-state index contributed by atoms with van der Waals surface area (Å²) in [6, 6.07) is 13.4. The Morgan fingerprint density at radius 2 is 1.85 bits per heavy atom. The predicted octanol–water partition coefficient (Wildman–Crippen LogP) is 4.62. The maximum absolute atomic E-state index is 13.9. The summed E-state index contributed by atoms with van der Waals surface area (Å²) in [5.41, 5.74) is 1.14. The molecule has 1 fully saturated rings. The van der Waals surface area contributed by atoms with E-state index < -0.39 is 5.91 Å². The molecule has 0 spiro atoms. The molecule has 0 radical (unpaired) electrons. The van der Waals surface area contributed by atoms with Gasteiger partial charge < -0.3 is 32.8 Å². The normalized spacial score (nSPS) is 15.8. The molecule has 1 saturated heterocycles. The second kappa shape index (κ2) is 11.7. The van der Waals surface area contributed by atoms with Gasteiger partial charge in [-0.05, 0) is 60.9 Å². The first-order valence-electron chi connectivity index (χ1n) is 13.3. The summed E-state index contributed by atoms with van der Waals surface area (Å²) < 4.78 is 27.7. The SMILES string of the molecule is O=C(CN(CC1CCCO1)C(=O)c1ccco1)N(Cc1ccc2c(c1)OCO2)Cc1coc2ccc(Cl)cc2c1=O. The third kappa shape index (κ3) is 5.94. The molecule has 0 bridgehead atoms. The number of hydrogen-bond acceptors (Lipinski definition) is 8. The van der Waals surface area contributed by atoms with Crippen LogP contribution in [0.3, 0.4) is 0 Å². The number of carbonyl (C=O) groups is 2. The molecular formula is C30H27ClN2O8. The highest BCUT2D eigenvalue weighted by molar-refractivity contribution is 6.31. The van der Waals surface area contributed by atoms with Crippen LogP contribution >= 0.6 is 11.6 Å². The zero-order valence-electron chi connectivity index (χ0n) is 22.0. The fraction of sp³-hybridized carbons (Fsp3) is 0.300. The van der Waals surface area contributed by atoms with Crippen molar-refractivity contribution in [3.63, 3.8) is 0 Å². The first-order chi connectivity index (χ1) is 19.9. The molecule has 2 amide bonds. The van der Waals surface area contributed by atoms with Crippen molar-refractivity contribution in [3.8, 4) is 11.5 Å². The minimum Gasteiger partial charge on any atom is -0.464 e. The summed E-state index contributed by atoms with van der Waals surface area (Å²) in [4.78, 5) is 43.6. The Hall–Kier alpha value is -4.28. The minimum atomic E-state index is -0.415. The van der Waals surface area contributed by atoms with Crippen LogP contribution in [0.1, 0.15) is 34.5 Å². The third-order valence-electron chi connectivity index (χ3n) is 7.12. The van der Waals surface area contributed by atoms with E-state index in [1.807, 2.05) is 6.07 Å². The Balaban J connectivity index is 1.30. The molecular weight excluding hydrogens is 552 g/mol. The summed E-state index contributed by atoms with van der Waals surface area (Å²) in [5, 5.41) is 0.718. The molecule has 10 nitrogen and oxygen atoms in total. The van der Waals surface area contributed by atoms with Gasteiger partial charge in [0.1, 0.15) is 12.1 Å². The topological polar surface area (TPSA) is 112 Å². The van der Waals surface area contributed by atoms with Crippen molar-refractivity contribution in [1.29, 1.82) is 0 Å².